The van der Waals surface area contributed by atoms with E-state index < -0.39 is 0 Å². The molecule has 0 N–H and O–H groups in total. The van der Waals surface area contributed by atoms with Gasteiger partial charge in [-0.15, -0.1) is 0 Å². The lowest BCUT2D eigenvalue weighted by molar-refractivity contribution is 1.25. The van der Waals surface area contributed by atoms with Crippen LogP contribution in [-0.4, -0.2) is 11.5 Å². The van der Waals surface area contributed by atoms with E-state index in [4.69, 9.17) is 9.98 Å². The topological polar surface area (TPSA) is 24.7 Å². The van der Waals surface area contributed by atoms with Crippen LogP contribution in [0.15, 0.2) is 143 Å². The van der Waals surface area contributed by atoms with Gasteiger partial charge < -0.3 is 0 Å². The van der Waals surface area contributed by atoms with Gasteiger partial charge in [0.2, 0.25) is 0 Å². The van der Waals surface area contributed by atoms with Crippen molar-refractivity contribution in [3.63, 3.8) is 0 Å². The fourth-order valence-electron chi connectivity index (χ4n) is 6.03. The molecule has 0 saturated carbocycles. The molecule has 8 rings (SSSR count). The van der Waals surface area contributed by atoms with Crippen LogP contribution in [0.4, 0.5) is 0 Å². The van der Waals surface area contributed by atoms with E-state index in [1.165, 1.54) is 49.4 Å². The first kappa shape index (κ1) is 23.6. The minimum absolute atomic E-state index is 0.689. The molecule has 0 spiro atoms. The number of rotatable bonds is 3. The molecule has 192 valence electrons. The Balaban J connectivity index is 1.27. The van der Waals surface area contributed by atoms with Crippen LogP contribution in [-0.2, 0) is 6.42 Å². The second kappa shape index (κ2) is 9.41. The molecule has 2 nitrogen and oxygen atoms in total. The highest BCUT2D eigenvalue weighted by atomic mass is 14.9. The van der Waals surface area contributed by atoms with Gasteiger partial charge in [0.05, 0.1) is 5.71 Å². The average Bonchev–Trinajstić information content (AvgIpc) is 3.21. The summed E-state index contributed by atoms with van der Waals surface area (Å²) in [6.45, 7) is 2.16. The van der Waals surface area contributed by atoms with Gasteiger partial charge in [-0.05, 0) is 75.3 Å². The van der Waals surface area contributed by atoms with Gasteiger partial charge in [-0.3, -0.25) is 0 Å². The van der Waals surface area contributed by atoms with Crippen LogP contribution in [0, 0.1) is 6.92 Å². The van der Waals surface area contributed by atoms with E-state index in [2.05, 4.69) is 134 Å². The van der Waals surface area contributed by atoms with E-state index in [0.29, 0.717) is 5.84 Å². The first-order valence-corrected chi connectivity index (χ1v) is 14.0. The second-order valence-electron chi connectivity index (χ2n) is 10.9. The third-order valence-electron chi connectivity index (χ3n) is 8.15. The van der Waals surface area contributed by atoms with Crippen molar-refractivity contribution in [1.29, 1.82) is 0 Å². The predicted octanol–water partition coefficient (Wildman–Crippen LogP) is 9.32. The molecule has 41 heavy (non-hydrogen) atoms. The Hall–Kier alpha value is -5.30. The number of hydrogen-bond donors (Lipinski definition) is 0. The zero-order valence-corrected chi connectivity index (χ0v) is 22.7. The van der Waals surface area contributed by atoms with Crippen LogP contribution in [0.1, 0.15) is 33.4 Å². The Bertz CT molecular complexity index is 2170. The molecular formula is C39H26N2. The average molecular weight is 523 g/mol. The van der Waals surface area contributed by atoms with Crippen LogP contribution in [0.5, 0.6) is 0 Å². The fourth-order valence-corrected chi connectivity index (χ4v) is 6.03. The first-order chi connectivity index (χ1) is 20.2. The number of allylic oxidation sites excluding steroid dienone is 1. The van der Waals surface area contributed by atoms with Crippen molar-refractivity contribution in [2.45, 2.75) is 13.3 Å². The van der Waals surface area contributed by atoms with E-state index in [1.54, 1.807) is 0 Å². The molecule has 1 aliphatic carbocycles. The van der Waals surface area contributed by atoms with Crippen molar-refractivity contribution < 1.29 is 0 Å². The first-order valence-electron chi connectivity index (χ1n) is 14.0. The molecule has 0 aromatic heterocycles. The molecule has 0 radical (unpaired) electrons. The summed E-state index contributed by atoms with van der Waals surface area (Å²) in [5, 5.41) is 4.76. The predicted molar refractivity (Wildman–Crippen MR) is 172 cm³/mol. The lowest BCUT2D eigenvalue weighted by Crippen LogP contribution is -2.04. The zero-order valence-electron chi connectivity index (χ0n) is 22.7. The summed E-state index contributed by atoms with van der Waals surface area (Å²) in [5.74, 6) is 0.689. The van der Waals surface area contributed by atoms with Crippen LogP contribution >= 0.6 is 0 Å². The minimum atomic E-state index is 0.689. The van der Waals surface area contributed by atoms with Crippen molar-refractivity contribution in [3.05, 3.63) is 167 Å². The normalized spacial score (nSPS) is 13.8. The van der Waals surface area contributed by atoms with Gasteiger partial charge in [-0.1, -0.05) is 114 Å². The summed E-state index contributed by atoms with van der Waals surface area (Å²) < 4.78 is 0. The molecule has 0 fully saturated rings. The maximum Gasteiger partial charge on any atom is 0.161 e. The number of amidine groups is 1. The summed E-state index contributed by atoms with van der Waals surface area (Å²) in [4.78, 5) is 10.3. The van der Waals surface area contributed by atoms with Gasteiger partial charge in [0.25, 0.3) is 0 Å². The van der Waals surface area contributed by atoms with Gasteiger partial charge >= 0.3 is 0 Å². The van der Waals surface area contributed by atoms with Gasteiger partial charge in [-0.25, -0.2) is 9.98 Å². The van der Waals surface area contributed by atoms with Crippen molar-refractivity contribution in [3.8, 4) is 11.1 Å². The Morgan fingerprint density at radius 1 is 0.537 bits per heavy atom. The molecule has 2 aliphatic rings. The Morgan fingerprint density at radius 2 is 1.15 bits per heavy atom. The molecule has 1 aliphatic heterocycles. The molecule has 6 aromatic rings. The zero-order chi connectivity index (χ0) is 27.3. The van der Waals surface area contributed by atoms with Gasteiger partial charge in [0.15, 0.2) is 5.84 Å². The number of aliphatic imine (C=N–C) groups is 2. The van der Waals surface area contributed by atoms with E-state index in [9.17, 15) is 0 Å². The van der Waals surface area contributed by atoms with Crippen LogP contribution in [0.2, 0.25) is 0 Å². The lowest BCUT2D eigenvalue weighted by Gasteiger charge is -2.08. The number of nitrogens with zero attached hydrogens (tertiary/aromatic N) is 2. The molecule has 0 unspecified atom stereocenters. The van der Waals surface area contributed by atoms with Crippen molar-refractivity contribution in [2.24, 2.45) is 9.98 Å². The molecule has 0 bridgehead atoms. The summed E-state index contributed by atoms with van der Waals surface area (Å²) in [5.41, 5.74) is 14.9. The second-order valence-corrected chi connectivity index (χ2v) is 10.9. The molecule has 0 saturated heterocycles. The Morgan fingerprint density at radius 3 is 1.90 bits per heavy atom. The Kier molecular flexibility index (Phi) is 5.41. The summed E-state index contributed by atoms with van der Waals surface area (Å²) in [6, 6.07) is 43.2. The van der Waals surface area contributed by atoms with Gasteiger partial charge in [0.1, 0.15) is 5.70 Å². The number of benzene rings is 6. The largest absolute Gasteiger partial charge is 0.227 e. The maximum absolute atomic E-state index is 5.18. The fraction of sp³-hybridized carbons (Fsp3) is 0.0513. The molecule has 2 heteroatoms. The summed E-state index contributed by atoms with van der Waals surface area (Å²) in [6.07, 6.45) is 2.94. The highest BCUT2D eigenvalue weighted by molar-refractivity contribution is 6.19. The van der Waals surface area contributed by atoms with Crippen molar-refractivity contribution >= 4 is 38.8 Å². The summed E-state index contributed by atoms with van der Waals surface area (Å²) >= 11 is 0. The number of fused-ring (bicyclic) bond motifs is 5. The SMILES string of the molecule is Cc1ccc2c(c1)Cc1cc(C3=NC(c4ccc5ccccc5c4)=NC(c4ccc5ccccc5c4)=C=C3)ccc1-2. The quantitative estimate of drug-likeness (QED) is 0.207. The molecule has 6 aromatic carbocycles. The molecule has 0 amide bonds. The van der Waals surface area contributed by atoms with Gasteiger partial charge in [-0.2, -0.15) is 0 Å². The molecule has 0 atom stereocenters. The van der Waals surface area contributed by atoms with E-state index in [-0.39, 0.29) is 0 Å². The van der Waals surface area contributed by atoms with Crippen LogP contribution in [0.3, 0.4) is 0 Å². The Labute approximate surface area is 239 Å². The lowest BCUT2D eigenvalue weighted by atomic mass is 10.0. The third kappa shape index (κ3) is 4.23. The van der Waals surface area contributed by atoms with Crippen LogP contribution < -0.4 is 0 Å². The summed E-state index contributed by atoms with van der Waals surface area (Å²) in [7, 11) is 0. The highest BCUT2D eigenvalue weighted by Crippen LogP contribution is 2.37. The van der Waals surface area contributed by atoms with Crippen molar-refractivity contribution in [2.75, 3.05) is 0 Å². The minimum Gasteiger partial charge on any atom is -0.227 e. The van der Waals surface area contributed by atoms with Crippen LogP contribution in [0.25, 0.3) is 38.4 Å². The highest BCUT2D eigenvalue weighted by Gasteiger charge is 2.20. The number of hydrogen-bond acceptors (Lipinski definition) is 2. The smallest absolute Gasteiger partial charge is 0.161 e. The van der Waals surface area contributed by atoms with E-state index >= 15 is 0 Å². The van der Waals surface area contributed by atoms with E-state index in [1.807, 2.05) is 6.08 Å². The van der Waals surface area contributed by atoms with Crippen molar-refractivity contribution in [1.82, 2.24) is 0 Å². The van der Waals surface area contributed by atoms with E-state index in [0.717, 1.165) is 34.5 Å². The number of aryl methyl sites for hydroxylation is 1. The monoisotopic (exact) mass is 522 g/mol. The maximum atomic E-state index is 5.18. The third-order valence-corrected chi connectivity index (χ3v) is 8.15. The van der Waals surface area contributed by atoms with Gasteiger partial charge in [0, 0.05) is 22.8 Å². The standard InChI is InChI=1S/C39H26N2/c1-25-10-16-35-33(20-25)24-34-23-31(15-17-36(34)35)38-19-18-37(30-13-11-26-6-2-4-8-28(26)21-30)40-39(41-38)32-14-12-27-7-3-5-9-29(27)22-32/h2-17,19-23H,24H2,1H3. The molecule has 1 heterocycles. The molecular weight excluding hydrogens is 496 g/mol.